The third-order valence-electron chi connectivity index (χ3n) is 2.08. The molecule has 1 aliphatic heterocycles. The fourth-order valence-electron chi connectivity index (χ4n) is 1.26. The van der Waals surface area contributed by atoms with Crippen LogP contribution in [0.4, 0.5) is 0 Å². The first kappa shape index (κ1) is 11.9. The van der Waals surface area contributed by atoms with Gasteiger partial charge in [0, 0.05) is 0 Å². The molecule has 1 saturated heterocycles. The van der Waals surface area contributed by atoms with Gasteiger partial charge in [0.1, 0.15) is 18.3 Å². The van der Waals surface area contributed by atoms with Crippen molar-refractivity contribution in [3.05, 3.63) is 0 Å². The van der Waals surface area contributed by atoms with Crippen LogP contribution in [0, 0.1) is 0 Å². The van der Waals surface area contributed by atoms with Crippen molar-refractivity contribution >= 4 is 8.03 Å². The molecule has 14 heavy (non-hydrogen) atoms. The molecule has 0 aromatic rings. The van der Waals surface area contributed by atoms with E-state index >= 15 is 0 Å². The van der Waals surface area contributed by atoms with Gasteiger partial charge < -0.3 is 25.2 Å². The molecule has 0 saturated carbocycles. The summed E-state index contributed by atoms with van der Waals surface area (Å²) in [6, 6.07) is 0. The minimum absolute atomic E-state index is 0.607. The first-order chi connectivity index (χ1) is 6.49. The van der Waals surface area contributed by atoms with Crippen LogP contribution in [-0.4, -0.2) is 62.2 Å². The monoisotopic (exact) mass is 227 g/mol. The Morgan fingerprint density at radius 3 is 2.14 bits per heavy atom. The molecule has 1 fully saturated rings. The van der Waals surface area contributed by atoms with Crippen LogP contribution in [0.1, 0.15) is 0 Å². The van der Waals surface area contributed by atoms with Crippen molar-refractivity contribution in [3.8, 4) is 0 Å². The predicted octanol–water partition coefficient (Wildman–Crippen LogP) is -2.48. The van der Waals surface area contributed by atoms with E-state index < -0.39 is 44.9 Å². The summed E-state index contributed by atoms with van der Waals surface area (Å²) in [5, 5.41) is 36.4. The van der Waals surface area contributed by atoms with Gasteiger partial charge in [0.15, 0.2) is 6.10 Å². The summed E-state index contributed by atoms with van der Waals surface area (Å²) < 4.78 is 15.4. The highest BCUT2D eigenvalue weighted by Crippen LogP contribution is 2.34. The fourth-order valence-corrected chi connectivity index (χ4v) is 1.96. The second kappa shape index (κ2) is 4.59. The van der Waals surface area contributed by atoms with Crippen LogP contribution in [0.3, 0.4) is 0 Å². The number of aliphatic hydroxyl groups excluding tert-OH is 4. The molecule has 0 spiro atoms. The van der Waals surface area contributed by atoms with Crippen LogP contribution in [0.25, 0.3) is 0 Å². The standard InChI is InChI=1S/C6H11O7P/c7-1-2-3(8)4(9)5(10)6(13-2)14(11)12/h2-10H,1H2/p+1/t2-,3-,4+,5+,6-/m1/s1. The second-order valence-corrected chi connectivity index (χ2v) is 4.14. The molecule has 8 heteroatoms. The van der Waals surface area contributed by atoms with Crippen molar-refractivity contribution in [1.29, 1.82) is 0 Å². The Bertz CT molecular complexity index is 220. The molecular weight excluding hydrogens is 215 g/mol. The van der Waals surface area contributed by atoms with Gasteiger partial charge in [0.2, 0.25) is 0 Å². The maximum atomic E-state index is 10.7. The Morgan fingerprint density at radius 1 is 1.14 bits per heavy atom. The third-order valence-corrected chi connectivity index (χ3v) is 2.95. The Hall–Kier alpha value is -0.140. The van der Waals surface area contributed by atoms with Crippen LogP contribution in [-0.2, 0) is 9.30 Å². The van der Waals surface area contributed by atoms with Crippen LogP contribution < -0.4 is 0 Å². The third kappa shape index (κ3) is 2.09. The first-order valence-electron chi connectivity index (χ1n) is 3.94. The topological polar surface area (TPSA) is 127 Å². The largest absolute Gasteiger partial charge is 0.540 e. The lowest BCUT2D eigenvalue weighted by Crippen LogP contribution is -2.57. The molecule has 1 heterocycles. The molecule has 7 nitrogen and oxygen atoms in total. The lowest BCUT2D eigenvalue weighted by Gasteiger charge is -2.34. The molecule has 6 atom stereocenters. The molecule has 0 bridgehead atoms. The van der Waals surface area contributed by atoms with Gasteiger partial charge in [-0.1, -0.05) is 0 Å². The summed E-state index contributed by atoms with van der Waals surface area (Å²) in [5.74, 6) is -1.49. The maximum absolute atomic E-state index is 10.7. The van der Waals surface area contributed by atoms with Gasteiger partial charge in [0.05, 0.1) is 6.61 Å². The Kier molecular flexibility index (Phi) is 3.91. The summed E-state index contributed by atoms with van der Waals surface area (Å²) >= 11 is 0. The Labute approximate surface area is 80.4 Å². The highest BCUT2D eigenvalue weighted by Gasteiger charge is 2.52. The zero-order chi connectivity index (χ0) is 10.9. The molecule has 82 valence electrons. The van der Waals surface area contributed by atoms with Crippen LogP contribution in [0.5, 0.6) is 0 Å². The highest BCUT2D eigenvalue weighted by atomic mass is 31.1. The first-order valence-corrected chi connectivity index (χ1v) is 5.23. The smallest absolute Gasteiger partial charge is 0.394 e. The van der Waals surface area contributed by atoms with Crippen molar-refractivity contribution in [2.24, 2.45) is 0 Å². The lowest BCUT2D eigenvalue weighted by atomic mass is 10.0. The van der Waals surface area contributed by atoms with E-state index in [9.17, 15) is 19.9 Å². The summed E-state index contributed by atoms with van der Waals surface area (Å²) in [7, 11) is -2.84. The van der Waals surface area contributed by atoms with Gasteiger partial charge in [0.25, 0.3) is 0 Å². The SMILES string of the molecule is O=[P+](O)[C@H]1O[C@H](CO)[C@@H](O)[C@H](O)[C@@H]1O. The Morgan fingerprint density at radius 2 is 1.71 bits per heavy atom. The van der Waals surface area contributed by atoms with Crippen molar-refractivity contribution in [2.75, 3.05) is 6.61 Å². The van der Waals surface area contributed by atoms with E-state index in [-0.39, 0.29) is 0 Å². The molecule has 1 rings (SSSR count). The lowest BCUT2D eigenvalue weighted by molar-refractivity contribution is -0.208. The average molecular weight is 227 g/mol. The molecule has 5 N–H and O–H groups in total. The van der Waals surface area contributed by atoms with Crippen molar-refractivity contribution in [2.45, 2.75) is 30.3 Å². The van der Waals surface area contributed by atoms with E-state index in [0.29, 0.717) is 0 Å². The minimum atomic E-state index is -2.84. The van der Waals surface area contributed by atoms with Gasteiger partial charge in [-0.05, 0) is 4.57 Å². The van der Waals surface area contributed by atoms with Crippen LogP contribution in [0.2, 0.25) is 0 Å². The molecule has 0 aromatic heterocycles. The van der Waals surface area contributed by atoms with Gasteiger partial charge in [-0.25, -0.2) is 0 Å². The van der Waals surface area contributed by atoms with E-state index in [1.54, 1.807) is 0 Å². The summed E-state index contributed by atoms with van der Waals surface area (Å²) in [5.41, 5.74) is 0. The molecule has 1 aliphatic rings. The zero-order valence-electron chi connectivity index (χ0n) is 7.09. The van der Waals surface area contributed by atoms with Crippen molar-refractivity contribution < 1.29 is 34.6 Å². The summed E-state index contributed by atoms with van der Waals surface area (Å²) in [4.78, 5) is 8.71. The number of rotatable bonds is 2. The highest BCUT2D eigenvalue weighted by molar-refractivity contribution is 7.38. The van der Waals surface area contributed by atoms with E-state index in [1.165, 1.54) is 0 Å². The van der Waals surface area contributed by atoms with Crippen molar-refractivity contribution in [1.82, 2.24) is 0 Å². The van der Waals surface area contributed by atoms with Crippen LogP contribution in [0.15, 0.2) is 0 Å². The fraction of sp³-hybridized carbons (Fsp3) is 1.00. The predicted molar refractivity (Wildman–Crippen MR) is 43.6 cm³/mol. The molecule has 0 amide bonds. The zero-order valence-corrected chi connectivity index (χ0v) is 7.99. The molecule has 0 radical (unpaired) electrons. The minimum Gasteiger partial charge on any atom is -0.394 e. The van der Waals surface area contributed by atoms with E-state index in [1.807, 2.05) is 0 Å². The number of hydrogen-bond donors (Lipinski definition) is 5. The average Bonchev–Trinajstić information content (AvgIpc) is 2.14. The van der Waals surface area contributed by atoms with Gasteiger partial charge in [-0.15, -0.1) is 0 Å². The van der Waals surface area contributed by atoms with E-state index in [4.69, 9.17) is 14.7 Å². The molecular formula is C6H12O7P+. The van der Waals surface area contributed by atoms with Gasteiger partial charge in [-0.2, -0.15) is 4.89 Å². The molecule has 0 aliphatic carbocycles. The number of ether oxygens (including phenoxy) is 1. The second-order valence-electron chi connectivity index (χ2n) is 3.02. The summed E-state index contributed by atoms with van der Waals surface area (Å²) in [6.07, 6.45) is -5.87. The van der Waals surface area contributed by atoms with Crippen molar-refractivity contribution in [3.63, 3.8) is 0 Å². The van der Waals surface area contributed by atoms with E-state index in [2.05, 4.69) is 0 Å². The molecule has 0 aromatic carbocycles. The number of aliphatic hydroxyl groups is 4. The Balaban J connectivity index is 2.78. The maximum Gasteiger partial charge on any atom is 0.540 e. The quantitative estimate of drug-likeness (QED) is 0.330. The summed E-state index contributed by atoms with van der Waals surface area (Å²) in [6.45, 7) is -0.607. The van der Waals surface area contributed by atoms with Crippen LogP contribution >= 0.6 is 8.03 Å². The van der Waals surface area contributed by atoms with Gasteiger partial charge in [-0.3, -0.25) is 0 Å². The van der Waals surface area contributed by atoms with Gasteiger partial charge >= 0.3 is 13.9 Å². The normalized spacial score (nSPS) is 44.9. The molecule has 1 unspecified atom stereocenters. The van der Waals surface area contributed by atoms with E-state index in [0.717, 1.165) is 0 Å². The number of hydrogen-bond acceptors (Lipinski definition) is 6.